The van der Waals surface area contributed by atoms with Crippen LogP contribution in [0.25, 0.3) is 0 Å². The van der Waals surface area contributed by atoms with Gasteiger partial charge in [-0.2, -0.15) is 0 Å². The van der Waals surface area contributed by atoms with Gasteiger partial charge in [-0.1, -0.05) is 20.8 Å². The Morgan fingerprint density at radius 2 is 1.71 bits per heavy atom. The lowest BCUT2D eigenvalue weighted by Gasteiger charge is -2.40. The third-order valence-corrected chi connectivity index (χ3v) is 5.20. The Morgan fingerprint density at radius 1 is 1.06 bits per heavy atom. The minimum Gasteiger partial charge on any atom is -0.314 e. The Hall–Kier alpha value is -0.0800. The first-order valence-electron chi connectivity index (χ1n) is 7.72. The fourth-order valence-corrected chi connectivity index (χ4v) is 3.47. The molecule has 2 nitrogen and oxygen atoms in total. The van der Waals surface area contributed by atoms with Crippen LogP contribution in [-0.2, 0) is 0 Å². The highest BCUT2D eigenvalue weighted by molar-refractivity contribution is 4.93. The highest BCUT2D eigenvalue weighted by Crippen LogP contribution is 2.33. The molecule has 2 heteroatoms. The van der Waals surface area contributed by atoms with Gasteiger partial charge in [0.15, 0.2) is 0 Å². The van der Waals surface area contributed by atoms with Crippen LogP contribution in [0.1, 0.15) is 59.3 Å². The molecule has 0 amide bonds. The predicted octanol–water partition coefficient (Wildman–Crippen LogP) is 3.03. The molecule has 0 aromatic heterocycles. The van der Waals surface area contributed by atoms with Crippen molar-refractivity contribution in [2.24, 2.45) is 5.92 Å². The summed E-state index contributed by atoms with van der Waals surface area (Å²) in [4.78, 5) is 2.78. The van der Waals surface area contributed by atoms with Gasteiger partial charge < -0.3 is 5.32 Å². The molecule has 100 valence electrons. The first-order valence-corrected chi connectivity index (χ1v) is 7.72. The topological polar surface area (TPSA) is 15.3 Å². The van der Waals surface area contributed by atoms with Crippen molar-refractivity contribution in [3.63, 3.8) is 0 Å². The molecule has 0 spiro atoms. The number of hydrogen-bond donors (Lipinski definition) is 1. The minimum absolute atomic E-state index is 0.494. The van der Waals surface area contributed by atoms with Crippen LogP contribution in [0, 0.1) is 5.92 Å². The van der Waals surface area contributed by atoms with Gasteiger partial charge in [0.1, 0.15) is 0 Å². The lowest BCUT2D eigenvalue weighted by atomic mass is 9.88. The van der Waals surface area contributed by atoms with E-state index in [-0.39, 0.29) is 0 Å². The second-order valence-corrected chi connectivity index (χ2v) is 6.07. The molecule has 0 bridgehead atoms. The SMILES string of the molecule is CCC(CC)(CC)N1CCC(CNC2CC2)C1. The van der Waals surface area contributed by atoms with E-state index in [0.717, 1.165) is 12.0 Å². The summed E-state index contributed by atoms with van der Waals surface area (Å²) in [6, 6.07) is 0.873. The van der Waals surface area contributed by atoms with Gasteiger partial charge in [0, 0.05) is 18.1 Å². The molecule has 1 heterocycles. The highest BCUT2D eigenvalue weighted by atomic mass is 15.2. The fraction of sp³-hybridized carbons (Fsp3) is 1.00. The molecule has 2 fully saturated rings. The quantitative estimate of drug-likeness (QED) is 0.733. The van der Waals surface area contributed by atoms with Crippen molar-refractivity contribution in [2.75, 3.05) is 19.6 Å². The van der Waals surface area contributed by atoms with Crippen LogP contribution in [0.5, 0.6) is 0 Å². The lowest BCUT2D eigenvalue weighted by Crippen LogP contribution is -2.46. The van der Waals surface area contributed by atoms with E-state index in [1.807, 2.05) is 0 Å². The largest absolute Gasteiger partial charge is 0.314 e. The zero-order valence-corrected chi connectivity index (χ0v) is 12.0. The van der Waals surface area contributed by atoms with Crippen LogP contribution in [-0.4, -0.2) is 36.1 Å². The van der Waals surface area contributed by atoms with E-state index < -0.39 is 0 Å². The van der Waals surface area contributed by atoms with Gasteiger partial charge in [-0.15, -0.1) is 0 Å². The van der Waals surface area contributed by atoms with Crippen LogP contribution in [0.15, 0.2) is 0 Å². The first kappa shape index (κ1) is 13.4. The molecule has 1 aliphatic carbocycles. The van der Waals surface area contributed by atoms with Crippen LogP contribution >= 0.6 is 0 Å². The van der Waals surface area contributed by atoms with Crippen LogP contribution in [0.4, 0.5) is 0 Å². The number of nitrogens with one attached hydrogen (secondary N) is 1. The van der Waals surface area contributed by atoms with Gasteiger partial charge in [0.2, 0.25) is 0 Å². The Kier molecular flexibility index (Phi) is 4.48. The molecular weight excluding hydrogens is 208 g/mol. The van der Waals surface area contributed by atoms with Crippen molar-refractivity contribution < 1.29 is 0 Å². The maximum Gasteiger partial charge on any atom is 0.0201 e. The molecule has 0 aromatic rings. The van der Waals surface area contributed by atoms with Gasteiger partial charge in [-0.25, -0.2) is 0 Å². The Labute approximate surface area is 107 Å². The zero-order chi connectivity index (χ0) is 12.3. The molecule has 1 aliphatic heterocycles. The highest BCUT2D eigenvalue weighted by Gasteiger charge is 2.36. The van der Waals surface area contributed by atoms with Gasteiger partial charge in [-0.05, 0) is 57.5 Å². The van der Waals surface area contributed by atoms with Gasteiger partial charge in [0.05, 0.1) is 0 Å². The Balaban J connectivity index is 1.81. The summed E-state index contributed by atoms with van der Waals surface area (Å²) >= 11 is 0. The Bertz CT molecular complexity index is 223. The minimum atomic E-state index is 0.494. The summed E-state index contributed by atoms with van der Waals surface area (Å²) in [7, 11) is 0. The van der Waals surface area contributed by atoms with E-state index in [9.17, 15) is 0 Å². The molecule has 1 atom stereocenters. The van der Waals surface area contributed by atoms with Crippen molar-refractivity contribution in [3.05, 3.63) is 0 Å². The van der Waals surface area contributed by atoms with Gasteiger partial charge >= 0.3 is 0 Å². The average Bonchev–Trinajstić information content (AvgIpc) is 3.08. The summed E-state index contributed by atoms with van der Waals surface area (Å²) in [6.07, 6.45) is 8.16. The molecule has 0 radical (unpaired) electrons. The van der Waals surface area contributed by atoms with E-state index >= 15 is 0 Å². The molecule has 2 rings (SSSR count). The molecule has 2 aliphatic rings. The van der Waals surface area contributed by atoms with E-state index in [1.54, 1.807) is 0 Å². The molecule has 0 aromatic carbocycles. The fourth-order valence-electron chi connectivity index (χ4n) is 3.47. The van der Waals surface area contributed by atoms with Crippen LogP contribution in [0.2, 0.25) is 0 Å². The number of likely N-dealkylation sites (tertiary alicyclic amines) is 1. The summed E-state index contributed by atoms with van der Waals surface area (Å²) in [5, 5.41) is 3.70. The van der Waals surface area contributed by atoms with Gasteiger partial charge in [0.25, 0.3) is 0 Å². The molecule has 1 unspecified atom stereocenters. The number of rotatable bonds is 7. The Morgan fingerprint density at radius 3 is 2.24 bits per heavy atom. The zero-order valence-electron chi connectivity index (χ0n) is 12.0. The van der Waals surface area contributed by atoms with E-state index in [1.165, 1.54) is 58.2 Å². The van der Waals surface area contributed by atoms with Crippen molar-refractivity contribution in [2.45, 2.75) is 70.9 Å². The number of nitrogens with zero attached hydrogens (tertiary/aromatic N) is 1. The second-order valence-electron chi connectivity index (χ2n) is 6.07. The maximum absolute atomic E-state index is 3.70. The molecule has 1 N–H and O–H groups in total. The van der Waals surface area contributed by atoms with E-state index in [4.69, 9.17) is 0 Å². The predicted molar refractivity (Wildman–Crippen MR) is 74.3 cm³/mol. The second kappa shape index (κ2) is 5.71. The van der Waals surface area contributed by atoms with Crippen LogP contribution < -0.4 is 5.32 Å². The maximum atomic E-state index is 3.70. The lowest BCUT2D eigenvalue weighted by molar-refractivity contribution is 0.0963. The van der Waals surface area contributed by atoms with E-state index in [0.29, 0.717) is 5.54 Å². The summed E-state index contributed by atoms with van der Waals surface area (Å²) in [5.74, 6) is 0.902. The first-order chi connectivity index (χ1) is 8.24. The molecular formula is C15H30N2. The summed E-state index contributed by atoms with van der Waals surface area (Å²) < 4.78 is 0. The monoisotopic (exact) mass is 238 g/mol. The molecule has 1 saturated carbocycles. The molecule has 17 heavy (non-hydrogen) atoms. The summed E-state index contributed by atoms with van der Waals surface area (Å²) in [5.41, 5.74) is 0.494. The third-order valence-electron chi connectivity index (χ3n) is 5.20. The van der Waals surface area contributed by atoms with Gasteiger partial charge in [-0.3, -0.25) is 4.90 Å². The summed E-state index contributed by atoms with van der Waals surface area (Å²) in [6.45, 7) is 11.0. The molecule has 1 saturated heterocycles. The van der Waals surface area contributed by atoms with E-state index in [2.05, 4.69) is 31.0 Å². The smallest absolute Gasteiger partial charge is 0.0201 e. The van der Waals surface area contributed by atoms with Crippen molar-refractivity contribution in [1.82, 2.24) is 10.2 Å². The number of hydrogen-bond acceptors (Lipinski definition) is 2. The normalized spacial score (nSPS) is 26.6. The third kappa shape index (κ3) is 3.03. The van der Waals surface area contributed by atoms with Crippen LogP contribution in [0.3, 0.4) is 0 Å². The van der Waals surface area contributed by atoms with Crippen molar-refractivity contribution >= 4 is 0 Å². The van der Waals surface area contributed by atoms with Crippen molar-refractivity contribution in [1.29, 1.82) is 0 Å². The standard InChI is InChI=1S/C15H30N2/c1-4-15(5-2,6-3)17-10-9-13(12-17)11-16-14-7-8-14/h13-14,16H,4-12H2,1-3H3. The van der Waals surface area contributed by atoms with Crippen molar-refractivity contribution in [3.8, 4) is 0 Å². The average molecular weight is 238 g/mol.